The summed E-state index contributed by atoms with van der Waals surface area (Å²) >= 11 is 10.7. The number of aromatic nitrogens is 3. The second-order valence-electron chi connectivity index (χ2n) is 2.10. The van der Waals surface area contributed by atoms with Crippen LogP contribution < -0.4 is 0 Å². The summed E-state index contributed by atoms with van der Waals surface area (Å²) in [5.41, 5.74) is 1.46. The first-order chi connectivity index (χ1) is 5.27. The fourth-order valence-corrected chi connectivity index (χ4v) is 1.30. The van der Waals surface area contributed by atoms with E-state index in [0.717, 1.165) is 5.52 Å². The van der Waals surface area contributed by atoms with Crippen molar-refractivity contribution < 1.29 is 0 Å². The topological polar surface area (TPSA) is 44.5 Å². The monoisotopic (exact) mass is 185 g/mol. The predicted molar refractivity (Wildman–Crippen MR) is 46.3 cm³/mol. The van der Waals surface area contributed by atoms with Crippen molar-refractivity contribution in [3.05, 3.63) is 22.1 Å². The summed E-state index contributed by atoms with van der Waals surface area (Å²) in [5.74, 6) is 0. The summed E-state index contributed by atoms with van der Waals surface area (Å²) < 4.78 is 0.542. The lowest BCUT2D eigenvalue weighted by Gasteiger charge is -1.88. The van der Waals surface area contributed by atoms with Crippen molar-refractivity contribution in [2.45, 2.75) is 0 Å². The van der Waals surface area contributed by atoms with Gasteiger partial charge in [-0.15, -0.1) is 0 Å². The Morgan fingerprint density at radius 1 is 1.45 bits per heavy atom. The number of halogens is 1. The first-order valence-electron chi connectivity index (χ1n) is 3.00. The molecule has 0 aliphatic rings. The van der Waals surface area contributed by atoms with Gasteiger partial charge in [-0.1, -0.05) is 11.6 Å². The molecule has 0 aliphatic carbocycles. The molecule has 2 aromatic rings. The first kappa shape index (κ1) is 6.82. The van der Waals surface area contributed by atoms with Crippen LogP contribution in [0.4, 0.5) is 0 Å². The zero-order valence-electron chi connectivity index (χ0n) is 5.39. The number of hydrogen-bond acceptors (Lipinski definition) is 2. The van der Waals surface area contributed by atoms with Gasteiger partial charge in [0.2, 0.25) is 0 Å². The third-order valence-corrected chi connectivity index (χ3v) is 1.89. The highest BCUT2D eigenvalue weighted by molar-refractivity contribution is 7.71. The van der Waals surface area contributed by atoms with Gasteiger partial charge in [0.25, 0.3) is 0 Å². The van der Waals surface area contributed by atoms with Crippen LogP contribution in [-0.4, -0.2) is 15.0 Å². The number of aromatic amines is 2. The predicted octanol–water partition coefficient (Wildman–Crippen LogP) is 2.27. The third-order valence-electron chi connectivity index (χ3n) is 1.37. The lowest BCUT2D eigenvalue weighted by molar-refractivity contribution is 1.27. The van der Waals surface area contributed by atoms with E-state index in [-0.39, 0.29) is 0 Å². The number of nitrogens with zero attached hydrogens (tertiary/aromatic N) is 1. The van der Waals surface area contributed by atoms with Crippen molar-refractivity contribution in [1.29, 1.82) is 0 Å². The minimum atomic E-state index is 0.542. The second-order valence-corrected chi connectivity index (χ2v) is 2.91. The molecule has 0 aliphatic heterocycles. The normalized spacial score (nSPS) is 10.6. The molecule has 0 atom stereocenters. The molecule has 3 nitrogen and oxygen atoms in total. The van der Waals surface area contributed by atoms with E-state index < -0.39 is 0 Å². The number of fused-ring (bicyclic) bond motifs is 1. The maximum atomic E-state index is 5.83. The molecule has 0 saturated heterocycles. The molecule has 0 amide bonds. The number of pyridine rings is 1. The highest BCUT2D eigenvalue weighted by atomic mass is 35.5. The van der Waals surface area contributed by atoms with Gasteiger partial charge in [-0.25, -0.2) is 4.98 Å². The van der Waals surface area contributed by atoms with Crippen LogP contribution in [0.15, 0.2) is 12.3 Å². The van der Waals surface area contributed by atoms with Crippen molar-refractivity contribution in [2.24, 2.45) is 0 Å². The van der Waals surface area contributed by atoms with Gasteiger partial charge >= 0.3 is 0 Å². The molecule has 0 aromatic carbocycles. The van der Waals surface area contributed by atoms with E-state index in [1.54, 1.807) is 12.3 Å². The van der Waals surface area contributed by atoms with Gasteiger partial charge in [-0.3, -0.25) is 0 Å². The van der Waals surface area contributed by atoms with Crippen molar-refractivity contribution in [1.82, 2.24) is 15.0 Å². The highest BCUT2D eigenvalue weighted by Crippen LogP contribution is 2.17. The largest absolute Gasteiger partial charge is 0.328 e. The fourth-order valence-electron chi connectivity index (χ4n) is 0.904. The zero-order valence-corrected chi connectivity index (χ0v) is 6.96. The van der Waals surface area contributed by atoms with Gasteiger partial charge in [0, 0.05) is 6.20 Å². The molecular formula is C6H4ClN3S. The first-order valence-corrected chi connectivity index (χ1v) is 3.78. The number of imidazole rings is 1. The molecule has 0 bridgehead atoms. The molecule has 0 spiro atoms. The minimum Gasteiger partial charge on any atom is -0.328 e. The van der Waals surface area contributed by atoms with Gasteiger partial charge in [0.1, 0.15) is 5.52 Å². The molecular weight excluding hydrogens is 182 g/mol. The number of rotatable bonds is 0. The molecule has 0 radical (unpaired) electrons. The van der Waals surface area contributed by atoms with Crippen LogP contribution in [0.2, 0.25) is 5.02 Å². The quantitative estimate of drug-likeness (QED) is 0.619. The van der Waals surface area contributed by atoms with E-state index in [0.29, 0.717) is 15.4 Å². The van der Waals surface area contributed by atoms with Crippen LogP contribution >= 0.6 is 23.8 Å². The lowest BCUT2D eigenvalue weighted by Crippen LogP contribution is -1.74. The van der Waals surface area contributed by atoms with E-state index in [4.69, 9.17) is 23.8 Å². The van der Waals surface area contributed by atoms with Gasteiger partial charge in [-0.05, 0) is 18.3 Å². The Bertz CT molecular complexity index is 444. The van der Waals surface area contributed by atoms with Crippen LogP contribution in [0.25, 0.3) is 11.2 Å². The molecule has 2 heterocycles. The van der Waals surface area contributed by atoms with Gasteiger partial charge in [-0.2, -0.15) is 0 Å². The molecule has 2 aromatic heterocycles. The Kier molecular flexibility index (Phi) is 1.44. The third kappa shape index (κ3) is 1.04. The Labute approximate surface area is 72.4 Å². The summed E-state index contributed by atoms with van der Waals surface area (Å²) in [6, 6.07) is 1.71. The molecule has 0 unspecified atom stereocenters. The number of hydrogen-bond donors (Lipinski definition) is 2. The van der Waals surface area contributed by atoms with E-state index in [1.165, 1.54) is 0 Å². The Balaban J connectivity index is 3.01. The van der Waals surface area contributed by atoms with E-state index in [9.17, 15) is 0 Å². The van der Waals surface area contributed by atoms with Gasteiger partial charge in [0.15, 0.2) is 10.4 Å². The van der Waals surface area contributed by atoms with E-state index in [1.807, 2.05) is 0 Å². The summed E-state index contributed by atoms with van der Waals surface area (Å²) in [6.07, 6.45) is 1.63. The van der Waals surface area contributed by atoms with Crippen LogP contribution in [0.3, 0.4) is 0 Å². The average molecular weight is 186 g/mol. The van der Waals surface area contributed by atoms with Gasteiger partial charge in [0.05, 0.1) is 5.02 Å². The molecule has 0 saturated carbocycles. The molecule has 0 fully saturated rings. The lowest BCUT2D eigenvalue weighted by atomic mass is 10.4. The van der Waals surface area contributed by atoms with Crippen molar-refractivity contribution in [3.8, 4) is 0 Å². The molecule has 5 heteroatoms. The molecule has 56 valence electrons. The van der Waals surface area contributed by atoms with Crippen molar-refractivity contribution in [3.63, 3.8) is 0 Å². The fraction of sp³-hybridized carbons (Fsp3) is 0. The van der Waals surface area contributed by atoms with Crippen LogP contribution in [-0.2, 0) is 0 Å². The number of H-pyrrole nitrogens is 2. The van der Waals surface area contributed by atoms with E-state index in [2.05, 4.69) is 15.0 Å². The smallest absolute Gasteiger partial charge is 0.176 e. The summed E-state index contributed by atoms with van der Waals surface area (Å²) in [5, 5.41) is 0.627. The van der Waals surface area contributed by atoms with Crippen LogP contribution in [0.1, 0.15) is 0 Å². The Morgan fingerprint density at radius 2 is 2.27 bits per heavy atom. The average Bonchev–Trinajstić information content (AvgIpc) is 2.31. The second kappa shape index (κ2) is 2.32. The number of nitrogens with one attached hydrogen (secondary N) is 2. The Morgan fingerprint density at radius 3 is 3.00 bits per heavy atom. The minimum absolute atomic E-state index is 0.542. The molecule has 2 rings (SSSR count). The highest BCUT2D eigenvalue weighted by Gasteiger charge is 1.99. The molecule has 2 N–H and O–H groups in total. The summed E-state index contributed by atoms with van der Waals surface area (Å²) in [6.45, 7) is 0. The summed E-state index contributed by atoms with van der Waals surface area (Å²) in [4.78, 5) is 9.78. The maximum absolute atomic E-state index is 5.83. The maximum Gasteiger partial charge on any atom is 0.176 e. The molecule has 11 heavy (non-hydrogen) atoms. The van der Waals surface area contributed by atoms with Crippen molar-refractivity contribution in [2.75, 3.05) is 0 Å². The SMILES string of the molecule is S=c1[nH]c2nccc(Cl)c2[nH]1. The van der Waals surface area contributed by atoms with E-state index >= 15 is 0 Å². The summed E-state index contributed by atoms with van der Waals surface area (Å²) in [7, 11) is 0. The van der Waals surface area contributed by atoms with Crippen LogP contribution in [0, 0.1) is 4.77 Å². The van der Waals surface area contributed by atoms with Crippen LogP contribution in [0.5, 0.6) is 0 Å². The standard InChI is InChI=1S/C6H4ClN3S/c7-3-1-2-8-5-4(3)9-6(11)10-5/h1-2H,(H2,8,9,10,11). The van der Waals surface area contributed by atoms with Gasteiger partial charge < -0.3 is 9.97 Å². The zero-order chi connectivity index (χ0) is 7.84. The Hall–Kier alpha value is -0.870. The van der Waals surface area contributed by atoms with Crippen molar-refractivity contribution >= 4 is 35.0 Å².